The van der Waals surface area contributed by atoms with Gasteiger partial charge >= 0.3 is 0 Å². The lowest BCUT2D eigenvalue weighted by molar-refractivity contribution is 0.173. The first-order valence-corrected chi connectivity index (χ1v) is 7.56. The fourth-order valence-corrected chi connectivity index (χ4v) is 2.98. The van der Waals surface area contributed by atoms with Crippen LogP contribution >= 0.6 is 0 Å². The number of anilines is 1. The van der Waals surface area contributed by atoms with Crippen LogP contribution in [-0.2, 0) is 6.42 Å². The van der Waals surface area contributed by atoms with Crippen molar-refractivity contribution in [1.29, 1.82) is 0 Å². The highest BCUT2D eigenvalue weighted by molar-refractivity contribution is 5.36. The fraction of sp³-hybridized carbons (Fsp3) is 0.750. The first-order valence-electron chi connectivity index (χ1n) is 7.56. The molecule has 0 aromatic carbocycles. The van der Waals surface area contributed by atoms with E-state index >= 15 is 0 Å². The summed E-state index contributed by atoms with van der Waals surface area (Å²) >= 11 is 0. The molecule has 1 aromatic rings. The molecular weight excluding hydrogens is 234 g/mol. The summed E-state index contributed by atoms with van der Waals surface area (Å²) in [5.41, 5.74) is 1.57. The van der Waals surface area contributed by atoms with Crippen molar-refractivity contribution in [1.82, 2.24) is 9.97 Å². The molecule has 19 heavy (non-hydrogen) atoms. The van der Waals surface area contributed by atoms with E-state index in [1.165, 1.54) is 25.7 Å². The van der Waals surface area contributed by atoms with Gasteiger partial charge in [0.2, 0.25) is 0 Å². The van der Waals surface area contributed by atoms with Gasteiger partial charge in [-0.1, -0.05) is 27.7 Å². The molecule has 1 aliphatic carbocycles. The van der Waals surface area contributed by atoms with Gasteiger partial charge in [-0.05, 0) is 43.4 Å². The summed E-state index contributed by atoms with van der Waals surface area (Å²) in [5.74, 6) is 1.85. The second kappa shape index (κ2) is 5.89. The molecule has 0 radical (unpaired) electrons. The molecule has 2 rings (SSSR count). The molecule has 0 spiro atoms. The molecule has 0 bridgehead atoms. The zero-order valence-electron chi connectivity index (χ0n) is 12.7. The largest absolute Gasteiger partial charge is 0.367 e. The number of nitrogens with zero attached hydrogens (tertiary/aromatic N) is 2. The smallest absolute Gasteiger partial charge is 0.129 e. The van der Waals surface area contributed by atoms with Crippen molar-refractivity contribution in [3.63, 3.8) is 0 Å². The molecule has 1 fully saturated rings. The molecule has 0 amide bonds. The van der Waals surface area contributed by atoms with E-state index in [9.17, 15) is 0 Å². The highest BCUT2D eigenvalue weighted by Gasteiger charge is 2.29. The van der Waals surface area contributed by atoms with Crippen LogP contribution in [-0.4, -0.2) is 16.0 Å². The minimum absolute atomic E-state index is 0.454. The molecule has 3 nitrogen and oxygen atoms in total. The predicted octanol–water partition coefficient (Wildman–Crippen LogP) is 4.06. The maximum atomic E-state index is 4.33. The second-order valence-electron chi connectivity index (χ2n) is 6.81. The van der Waals surface area contributed by atoms with Crippen LogP contribution in [0.25, 0.3) is 0 Å². The van der Waals surface area contributed by atoms with Gasteiger partial charge in [-0.2, -0.15) is 0 Å². The van der Waals surface area contributed by atoms with Crippen LogP contribution in [0, 0.1) is 11.3 Å². The summed E-state index contributed by atoms with van der Waals surface area (Å²) in [4.78, 5) is 8.57. The topological polar surface area (TPSA) is 37.8 Å². The summed E-state index contributed by atoms with van der Waals surface area (Å²) in [7, 11) is 0. The molecule has 106 valence electrons. The Morgan fingerprint density at radius 1 is 1.16 bits per heavy atom. The molecule has 1 saturated carbocycles. The molecule has 0 aliphatic heterocycles. The van der Waals surface area contributed by atoms with Crippen LogP contribution in [0.3, 0.4) is 0 Å². The summed E-state index contributed by atoms with van der Waals surface area (Å²) < 4.78 is 0. The highest BCUT2D eigenvalue weighted by atomic mass is 15.0. The fourth-order valence-electron chi connectivity index (χ4n) is 2.98. The molecule has 1 N–H and O–H groups in total. The summed E-state index contributed by atoms with van der Waals surface area (Å²) in [5, 5.41) is 3.58. The van der Waals surface area contributed by atoms with E-state index in [1.54, 1.807) is 6.33 Å². The van der Waals surface area contributed by atoms with E-state index in [0.717, 1.165) is 23.9 Å². The number of hydrogen-bond acceptors (Lipinski definition) is 3. The molecule has 0 saturated heterocycles. The third-order valence-corrected chi connectivity index (χ3v) is 4.39. The van der Waals surface area contributed by atoms with Gasteiger partial charge in [-0.15, -0.1) is 0 Å². The van der Waals surface area contributed by atoms with Gasteiger partial charge in [0.1, 0.15) is 12.1 Å². The van der Waals surface area contributed by atoms with E-state index in [1.807, 2.05) is 0 Å². The van der Waals surface area contributed by atoms with Crippen LogP contribution in [0.1, 0.15) is 59.1 Å². The summed E-state index contributed by atoms with van der Waals surface area (Å²) in [6.07, 6.45) is 7.80. The van der Waals surface area contributed by atoms with Crippen LogP contribution in [0.15, 0.2) is 12.4 Å². The van der Waals surface area contributed by atoms with Gasteiger partial charge in [0.05, 0.1) is 0 Å². The third kappa shape index (κ3) is 3.92. The highest BCUT2D eigenvalue weighted by Crippen LogP contribution is 2.38. The molecule has 0 unspecified atom stereocenters. The standard InChI is InChI=1S/C16H27N3/c1-5-13-10-15(18-11-17-13)19-14-8-6-12(7-9-14)16(2,3)4/h10-12,14H,5-9H2,1-4H3,(H,17,18,19)/t12-,14+. The van der Waals surface area contributed by atoms with Gasteiger partial charge in [-0.25, -0.2) is 9.97 Å². The average Bonchev–Trinajstić information content (AvgIpc) is 2.38. The molecule has 1 heterocycles. The van der Waals surface area contributed by atoms with E-state index < -0.39 is 0 Å². The number of hydrogen-bond donors (Lipinski definition) is 1. The SMILES string of the molecule is CCc1cc(N[C@H]2CC[C@@H](C(C)(C)C)CC2)ncn1. The minimum Gasteiger partial charge on any atom is -0.367 e. The molecule has 1 aromatic heterocycles. The maximum Gasteiger partial charge on any atom is 0.129 e. The molecule has 1 aliphatic rings. The van der Waals surface area contributed by atoms with Gasteiger partial charge in [0.25, 0.3) is 0 Å². The lowest BCUT2D eigenvalue weighted by atomic mass is 9.71. The normalized spacial score (nSPS) is 24.2. The van der Waals surface area contributed by atoms with Gasteiger partial charge in [0, 0.05) is 17.8 Å². The number of nitrogens with one attached hydrogen (secondary N) is 1. The van der Waals surface area contributed by atoms with Crippen molar-refractivity contribution in [2.24, 2.45) is 11.3 Å². The molecule has 0 atom stereocenters. The zero-order valence-corrected chi connectivity index (χ0v) is 12.7. The monoisotopic (exact) mass is 261 g/mol. The van der Waals surface area contributed by atoms with Crippen molar-refractivity contribution in [2.45, 2.75) is 65.8 Å². The Morgan fingerprint density at radius 3 is 2.42 bits per heavy atom. The van der Waals surface area contributed by atoms with E-state index in [0.29, 0.717) is 11.5 Å². The van der Waals surface area contributed by atoms with Crippen LogP contribution in [0.5, 0.6) is 0 Å². The van der Waals surface area contributed by atoms with Gasteiger partial charge in [0.15, 0.2) is 0 Å². The van der Waals surface area contributed by atoms with Crippen molar-refractivity contribution >= 4 is 5.82 Å². The van der Waals surface area contributed by atoms with Crippen LogP contribution in [0.2, 0.25) is 0 Å². The number of aromatic nitrogens is 2. The zero-order chi connectivity index (χ0) is 13.9. The van der Waals surface area contributed by atoms with E-state index in [-0.39, 0.29) is 0 Å². The molecule has 3 heteroatoms. The Balaban J connectivity index is 1.88. The second-order valence-corrected chi connectivity index (χ2v) is 6.81. The lowest BCUT2D eigenvalue weighted by Crippen LogP contribution is -2.31. The predicted molar refractivity (Wildman–Crippen MR) is 80.2 cm³/mol. The quantitative estimate of drug-likeness (QED) is 0.891. The lowest BCUT2D eigenvalue weighted by Gasteiger charge is -2.37. The Bertz CT molecular complexity index is 401. The van der Waals surface area contributed by atoms with E-state index in [4.69, 9.17) is 0 Å². The Labute approximate surface area is 117 Å². The summed E-state index contributed by atoms with van der Waals surface area (Å²) in [6, 6.07) is 2.66. The Morgan fingerprint density at radius 2 is 1.84 bits per heavy atom. The van der Waals surface area contributed by atoms with Crippen molar-refractivity contribution < 1.29 is 0 Å². The van der Waals surface area contributed by atoms with Crippen LogP contribution in [0.4, 0.5) is 5.82 Å². The average molecular weight is 261 g/mol. The molecular formula is C16H27N3. The third-order valence-electron chi connectivity index (χ3n) is 4.39. The maximum absolute atomic E-state index is 4.33. The van der Waals surface area contributed by atoms with Crippen LogP contribution < -0.4 is 5.32 Å². The first kappa shape index (κ1) is 14.3. The Hall–Kier alpha value is -1.12. The van der Waals surface area contributed by atoms with Crippen molar-refractivity contribution in [3.8, 4) is 0 Å². The van der Waals surface area contributed by atoms with Gasteiger partial charge in [-0.3, -0.25) is 0 Å². The summed E-state index contributed by atoms with van der Waals surface area (Å²) in [6.45, 7) is 9.22. The minimum atomic E-state index is 0.454. The Kier molecular flexibility index (Phi) is 4.43. The van der Waals surface area contributed by atoms with E-state index in [2.05, 4.69) is 49.0 Å². The van der Waals surface area contributed by atoms with Crippen molar-refractivity contribution in [2.75, 3.05) is 5.32 Å². The van der Waals surface area contributed by atoms with Crippen molar-refractivity contribution in [3.05, 3.63) is 18.1 Å². The number of rotatable bonds is 3. The first-order chi connectivity index (χ1) is 8.99. The number of aryl methyl sites for hydroxylation is 1. The van der Waals surface area contributed by atoms with Gasteiger partial charge < -0.3 is 5.32 Å².